The van der Waals surface area contributed by atoms with Crippen molar-refractivity contribution in [2.75, 3.05) is 42.3 Å². The Balaban J connectivity index is 0. The van der Waals surface area contributed by atoms with Gasteiger partial charge in [0.05, 0.1) is 0 Å². The third-order valence-electron chi connectivity index (χ3n) is 2.01. The Labute approximate surface area is 100 Å². The van der Waals surface area contributed by atoms with Gasteiger partial charge in [-0.3, -0.25) is 0 Å². The van der Waals surface area contributed by atoms with Crippen LogP contribution in [0.3, 0.4) is 0 Å². The number of halogens is 4. The van der Waals surface area contributed by atoms with Crippen molar-refractivity contribution < 1.29 is 30.2 Å². The Morgan fingerprint density at radius 1 is 0.733 bits per heavy atom. The number of rotatable bonds is 3. The molecular formula is C7H18BrF3N3P. The van der Waals surface area contributed by atoms with Gasteiger partial charge in [-0.05, 0) is 0 Å². The molecule has 0 amide bonds. The summed E-state index contributed by atoms with van der Waals surface area (Å²) >= 11 is 0. The van der Waals surface area contributed by atoms with Crippen LogP contribution in [0.1, 0.15) is 0 Å². The predicted molar refractivity (Wildman–Crippen MR) is 54.0 cm³/mol. The summed E-state index contributed by atoms with van der Waals surface area (Å²) in [7, 11) is 5.36. The third-order valence-corrected chi connectivity index (χ3v) is 6.04. The van der Waals surface area contributed by atoms with Crippen LogP contribution < -0.4 is 17.0 Å². The summed E-state index contributed by atoms with van der Waals surface area (Å²) in [5, 5.41) is 0. The van der Waals surface area contributed by atoms with Crippen molar-refractivity contribution in [3.05, 3.63) is 0 Å². The van der Waals surface area contributed by atoms with Crippen LogP contribution in [0.15, 0.2) is 0 Å². The van der Waals surface area contributed by atoms with E-state index in [4.69, 9.17) is 0 Å². The highest BCUT2D eigenvalue weighted by Gasteiger charge is 2.71. The minimum atomic E-state index is -4.23. The smallest absolute Gasteiger partial charge is 0.561 e. The fourth-order valence-corrected chi connectivity index (χ4v) is 5.26. The maximum atomic E-state index is 13.1. The highest BCUT2D eigenvalue weighted by molar-refractivity contribution is 7.69. The fourth-order valence-electron chi connectivity index (χ4n) is 1.75. The van der Waals surface area contributed by atoms with Crippen LogP contribution in [0.5, 0.6) is 0 Å². The lowest BCUT2D eigenvalue weighted by Gasteiger charge is -2.39. The molecule has 0 spiro atoms. The van der Waals surface area contributed by atoms with Crippen molar-refractivity contribution in [2.45, 2.75) is 5.92 Å². The van der Waals surface area contributed by atoms with E-state index in [1.807, 2.05) is 0 Å². The molecule has 0 unspecified atom stereocenters. The maximum absolute atomic E-state index is 13.1. The molecular weight excluding hydrogens is 294 g/mol. The minimum Gasteiger partial charge on any atom is -1.00 e. The topological polar surface area (TPSA) is 9.72 Å². The van der Waals surface area contributed by atoms with E-state index in [2.05, 4.69) is 0 Å². The molecule has 0 aromatic rings. The standard InChI is InChI=1S/C7H18F3N3P.BrH/c1-11(2)14(12(3)4,13(5)6)7(8,9)10;/h1-6H3;1H/q+1;/p-1. The zero-order valence-electron chi connectivity index (χ0n) is 9.80. The zero-order chi connectivity index (χ0) is 11.7. The Morgan fingerprint density at radius 2 is 0.933 bits per heavy atom. The maximum Gasteiger partial charge on any atom is 0.561 e. The van der Waals surface area contributed by atoms with Crippen molar-refractivity contribution in [1.29, 1.82) is 0 Å². The highest BCUT2D eigenvalue weighted by Crippen LogP contribution is 2.74. The molecule has 0 bridgehead atoms. The van der Waals surface area contributed by atoms with Crippen molar-refractivity contribution >= 4 is 7.71 Å². The third kappa shape index (κ3) is 3.03. The van der Waals surface area contributed by atoms with E-state index in [9.17, 15) is 13.2 Å². The van der Waals surface area contributed by atoms with Crippen LogP contribution in [-0.2, 0) is 0 Å². The van der Waals surface area contributed by atoms with Crippen LogP contribution in [0, 0.1) is 0 Å². The summed E-state index contributed by atoms with van der Waals surface area (Å²) in [6, 6.07) is 0. The van der Waals surface area contributed by atoms with Crippen LogP contribution >= 0.6 is 7.71 Å². The molecule has 3 nitrogen and oxygen atoms in total. The Hall–Kier alpha value is 0.580. The number of hydrogen-bond acceptors (Lipinski definition) is 3. The molecule has 0 aromatic carbocycles. The molecule has 8 heteroatoms. The summed E-state index contributed by atoms with van der Waals surface area (Å²) < 4.78 is 42.9. The van der Waals surface area contributed by atoms with Gasteiger partial charge in [-0.25, -0.2) is 0 Å². The van der Waals surface area contributed by atoms with E-state index in [-0.39, 0.29) is 17.0 Å². The van der Waals surface area contributed by atoms with E-state index in [0.717, 1.165) is 0 Å². The summed E-state index contributed by atoms with van der Waals surface area (Å²) in [4.78, 5) is 0. The second-order valence-corrected chi connectivity index (χ2v) is 7.62. The van der Waals surface area contributed by atoms with Crippen LogP contribution in [0.4, 0.5) is 13.2 Å². The molecule has 0 atom stereocenters. The van der Waals surface area contributed by atoms with Gasteiger partial charge in [0.2, 0.25) is 0 Å². The van der Waals surface area contributed by atoms with Gasteiger partial charge in [0.1, 0.15) is 0 Å². The first-order valence-corrected chi connectivity index (χ1v) is 5.72. The molecule has 0 aromatic heterocycles. The number of hydrogen-bond donors (Lipinski definition) is 0. The summed E-state index contributed by atoms with van der Waals surface area (Å²) in [5.41, 5.74) is 0. The predicted octanol–water partition coefficient (Wildman–Crippen LogP) is -1.04. The van der Waals surface area contributed by atoms with Gasteiger partial charge < -0.3 is 17.0 Å². The van der Waals surface area contributed by atoms with Gasteiger partial charge in [-0.2, -0.15) is 0 Å². The second kappa shape index (κ2) is 5.77. The van der Waals surface area contributed by atoms with Gasteiger partial charge in [-0.15, -0.1) is 27.2 Å². The normalized spacial score (nSPS) is 13.6. The van der Waals surface area contributed by atoms with Crippen LogP contribution in [-0.4, -0.2) is 62.2 Å². The molecule has 0 rings (SSSR count). The van der Waals surface area contributed by atoms with Crippen molar-refractivity contribution in [3.8, 4) is 0 Å². The lowest BCUT2D eigenvalue weighted by atomic mass is 11.2. The molecule has 94 valence electrons. The van der Waals surface area contributed by atoms with Gasteiger partial charge in [0, 0.05) is 42.3 Å². The van der Waals surface area contributed by atoms with E-state index in [0.29, 0.717) is 0 Å². The molecule has 0 aliphatic carbocycles. The molecule has 0 radical (unpaired) electrons. The zero-order valence-corrected chi connectivity index (χ0v) is 12.3. The number of nitrogens with zero attached hydrogens (tertiary/aromatic N) is 3. The first kappa shape index (κ1) is 18.0. The number of alkyl halides is 3. The van der Waals surface area contributed by atoms with Gasteiger partial charge in [0.15, 0.2) is 0 Å². The molecule has 0 N–H and O–H groups in total. The van der Waals surface area contributed by atoms with Gasteiger partial charge >= 0.3 is 13.6 Å². The van der Waals surface area contributed by atoms with Crippen molar-refractivity contribution in [2.24, 2.45) is 0 Å². The quantitative estimate of drug-likeness (QED) is 0.617. The molecule has 0 fully saturated rings. The van der Waals surface area contributed by atoms with E-state index in [1.165, 1.54) is 56.3 Å². The van der Waals surface area contributed by atoms with Gasteiger partial charge in [-0.1, -0.05) is 0 Å². The molecule has 0 saturated heterocycles. The van der Waals surface area contributed by atoms with E-state index >= 15 is 0 Å². The lowest BCUT2D eigenvalue weighted by molar-refractivity contribution is -0.0590. The lowest BCUT2D eigenvalue weighted by Crippen LogP contribution is -3.00. The molecule has 0 heterocycles. The molecule has 0 aliphatic heterocycles. The Morgan fingerprint density at radius 3 is 0.933 bits per heavy atom. The summed E-state index contributed by atoms with van der Waals surface area (Å²) in [6.07, 6.45) is 0. The van der Waals surface area contributed by atoms with E-state index in [1.54, 1.807) is 0 Å². The largest absolute Gasteiger partial charge is 1.00 e. The van der Waals surface area contributed by atoms with Gasteiger partial charge in [0.25, 0.3) is 0 Å². The van der Waals surface area contributed by atoms with Crippen molar-refractivity contribution in [3.63, 3.8) is 0 Å². The molecule has 0 aliphatic rings. The van der Waals surface area contributed by atoms with Crippen LogP contribution in [0.25, 0.3) is 0 Å². The minimum absolute atomic E-state index is 0. The first-order valence-electron chi connectivity index (χ1n) is 4.07. The summed E-state index contributed by atoms with van der Waals surface area (Å²) in [6.45, 7) is 0. The first-order chi connectivity index (χ1) is 6.08. The molecule has 15 heavy (non-hydrogen) atoms. The Kier molecular flexibility index (Phi) is 6.91. The average Bonchev–Trinajstić information content (AvgIpc) is 1.79. The average molecular weight is 312 g/mol. The van der Waals surface area contributed by atoms with Crippen LogP contribution in [0.2, 0.25) is 0 Å². The highest BCUT2D eigenvalue weighted by atomic mass is 79.9. The molecule has 0 saturated carbocycles. The summed E-state index contributed by atoms with van der Waals surface area (Å²) in [5.74, 6) is -4.23. The van der Waals surface area contributed by atoms with E-state index < -0.39 is 13.6 Å². The second-order valence-electron chi connectivity index (χ2n) is 3.58. The Bertz CT molecular complexity index is 175. The SMILES string of the molecule is CN(C)[P+](N(C)C)(N(C)C)C(F)(F)F.[Br-]. The monoisotopic (exact) mass is 311 g/mol. The fraction of sp³-hybridized carbons (Fsp3) is 1.00. The van der Waals surface area contributed by atoms with Crippen molar-refractivity contribution in [1.82, 2.24) is 14.0 Å².